The van der Waals surface area contributed by atoms with Gasteiger partial charge in [0.05, 0.1) is 18.8 Å². The van der Waals surface area contributed by atoms with Crippen LogP contribution in [0.3, 0.4) is 0 Å². The van der Waals surface area contributed by atoms with Crippen molar-refractivity contribution in [3.63, 3.8) is 0 Å². The van der Waals surface area contributed by atoms with Crippen LogP contribution in [0.4, 0.5) is 0 Å². The van der Waals surface area contributed by atoms with Crippen LogP contribution in [0.2, 0.25) is 0 Å². The van der Waals surface area contributed by atoms with E-state index in [-0.39, 0.29) is 11.8 Å². The molecule has 3 aliphatic heterocycles. The molecular weight excluding hydrogens is 362 g/mol. The molecule has 3 aliphatic rings. The van der Waals surface area contributed by atoms with Gasteiger partial charge in [-0.15, -0.1) is 11.3 Å². The van der Waals surface area contributed by atoms with E-state index in [1.165, 1.54) is 22.7 Å². The largest absolute Gasteiger partial charge is 0.379 e. The van der Waals surface area contributed by atoms with Gasteiger partial charge in [0.15, 0.2) is 0 Å². The third-order valence-corrected chi connectivity index (χ3v) is 6.52. The molecule has 0 aromatic carbocycles. The van der Waals surface area contributed by atoms with Crippen molar-refractivity contribution in [1.29, 1.82) is 0 Å². The molecule has 0 radical (unpaired) electrons. The SMILES string of the molecule is CC1CCCN(C2=C(c3cccs3)C(=O)N(CCN3CCOCC3)C2=O)C1. The fraction of sp³-hybridized carbons (Fsp3) is 0.600. The zero-order chi connectivity index (χ0) is 18.8. The number of thiophene rings is 1. The highest BCUT2D eigenvalue weighted by atomic mass is 32.1. The zero-order valence-corrected chi connectivity index (χ0v) is 16.7. The second-order valence-corrected chi connectivity index (χ2v) is 8.56. The van der Waals surface area contributed by atoms with E-state index in [4.69, 9.17) is 4.74 Å². The van der Waals surface area contributed by atoms with Gasteiger partial charge in [0.2, 0.25) is 0 Å². The Morgan fingerprint density at radius 3 is 2.67 bits per heavy atom. The molecule has 2 fully saturated rings. The predicted molar refractivity (Wildman–Crippen MR) is 105 cm³/mol. The number of amides is 2. The van der Waals surface area contributed by atoms with Gasteiger partial charge in [-0.05, 0) is 30.2 Å². The Bertz CT molecular complexity index is 725. The predicted octanol–water partition coefficient (Wildman–Crippen LogP) is 1.89. The van der Waals surface area contributed by atoms with Crippen molar-refractivity contribution in [1.82, 2.24) is 14.7 Å². The molecule has 0 saturated carbocycles. The number of hydrogen-bond acceptors (Lipinski definition) is 6. The molecule has 1 atom stereocenters. The van der Waals surface area contributed by atoms with Gasteiger partial charge in [0, 0.05) is 44.1 Å². The minimum Gasteiger partial charge on any atom is -0.379 e. The number of hydrogen-bond donors (Lipinski definition) is 0. The van der Waals surface area contributed by atoms with Gasteiger partial charge >= 0.3 is 0 Å². The van der Waals surface area contributed by atoms with Crippen LogP contribution in [0.15, 0.2) is 23.2 Å². The number of likely N-dealkylation sites (tertiary alicyclic amines) is 1. The van der Waals surface area contributed by atoms with Crippen molar-refractivity contribution in [2.75, 3.05) is 52.5 Å². The Kier molecular flexibility index (Phi) is 5.61. The Balaban J connectivity index is 1.57. The van der Waals surface area contributed by atoms with Gasteiger partial charge < -0.3 is 9.64 Å². The molecule has 2 amide bonds. The van der Waals surface area contributed by atoms with Crippen LogP contribution in [0.5, 0.6) is 0 Å². The van der Waals surface area contributed by atoms with Crippen LogP contribution in [0.25, 0.3) is 5.57 Å². The van der Waals surface area contributed by atoms with E-state index >= 15 is 0 Å². The normalized spacial score (nSPS) is 25.0. The Morgan fingerprint density at radius 1 is 1.15 bits per heavy atom. The maximum absolute atomic E-state index is 13.3. The van der Waals surface area contributed by atoms with Crippen molar-refractivity contribution in [2.45, 2.75) is 19.8 Å². The second kappa shape index (κ2) is 8.12. The number of ether oxygens (including phenoxy) is 1. The van der Waals surface area contributed by atoms with Gasteiger partial charge in [-0.25, -0.2) is 0 Å². The molecule has 1 unspecified atom stereocenters. The lowest BCUT2D eigenvalue weighted by molar-refractivity contribution is -0.138. The number of piperidine rings is 1. The van der Waals surface area contributed by atoms with Gasteiger partial charge in [0.1, 0.15) is 5.70 Å². The van der Waals surface area contributed by atoms with E-state index in [0.717, 1.165) is 50.7 Å². The first-order valence-corrected chi connectivity index (χ1v) is 10.7. The average molecular weight is 390 g/mol. The average Bonchev–Trinajstić information content (AvgIpc) is 3.28. The number of carbonyl (C=O) groups excluding carboxylic acids is 2. The van der Waals surface area contributed by atoms with Gasteiger partial charge in [-0.1, -0.05) is 13.0 Å². The van der Waals surface area contributed by atoms with Crippen LogP contribution < -0.4 is 0 Å². The van der Waals surface area contributed by atoms with E-state index in [0.29, 0.717) is 30.3 Å². The van der Waals surface area contributed by atoms with Crippen LogP contribution in [-0.2, 0) is 14.3 Å². The standard InChI is InChI=1S/C20H27N3O3S/c1-15-4-2-6-22(14-15)18-17(16-5-3-13-27-16)19(24)23(20(18)25)8-7-21-9-11-26-12-10-21/h3,5,13,15H,2,4,6-12,14H2,1H3. The van der Waals surface area contributed by atoms with Crippen molar-refractivity contribution in [3.8, 4) is 0 Å². The van der Waals surface area contributed by atoms with Crippen LogP contribution in [-0.4, -0.2) is 79.0 Å². The van der Waals surface area contributed by atoms with E-state index < -0.39 is 0 Å². The maximum atomic E-state index is 13.3. The summed E-state index contributed by atoms with van der Waals surface area (Å²) < 4.78 is 5.38. The lowest BCUT2D eigenvalue weighted by Crippen LogP contribution is -2.44. The van der Waals surface area contributed by atoms with Crippen molar-refractivity contribution in [3.05, 3.63) is 28.1 Å². The number of nitrogens with zero attached hydrogens (tertiary/aromatic N) is 3. The lowest BCUT2D eigenvalue weighted by atomic mass is 9.99. The molecule has 1 aromatic rings. The first kappa shape index (κ1) is 18.7. The molecule has 7 heteroatoms. The maximum Gasteiger partial charge on any atom is 0.277 e. The summed E-state index contributed by atoms with van der Waals surface area (Å²) in [6, 6.07) is 3.89. The molecular formula is C20H27N3O3S. The molecule has 2 saturated heterocycles. The molecule has 27 heavy (non-hydrogen) atoms. The molecule has 0 N–H and O–H groups in total. The highest BCUT2D eigenvalue weighted by molar-refractivity contribution is 7.11. The van der Waals surface area contributed by atoms with E-state index in [2.05, 4.69) is 16.7 Å². The summed E-state index contributed by atoms with van der Waals surface area (Å²) >= 11 is 1.53. The molecule has 146 valence electrons. The van der Waals surface area contributed by atoms with Crippen molar-refractivity contribution in [2.24, 2.45) is 5.92 Å². The molecule has 0 spiro atoms. The second-order valence-electron chi connectivity index (χ2n) is 7.61. The molecule has 1 aromatic heterocycles. The highest BCUT2D eigenvalue weighted by Gasteiger charge is 2.42. The number of carbonyl (C=O) groups is 2. The van der Waals surface area contributed by atoms with Crippen LogP contribution in [0, 0.1) is 5.92 Å². The summed E-state index contributed by atoms with van der Waals surface area (Å²) in [6.07, 6.45) is 2.25. The quantitative estimate of drug-likeness (QED) is 0.720. The number of morpholine rings is 1. The van der Waals surface area contributed by atoms with Crippen LogP contribution in [0.1, 0.15) is 24.6 Å². The zero-order valence-electron chi connectivity index (χ0n) is 15.9. The Hall–Kier alpha value is -1.70. The summed E-state index contributed by atoms with van der Waals surface area (Å²) in [5.41, 5.74) is 1.22. The minimum absolute atomic E-state index is 0.120. The van der Waals surface area contributed by atoms with Gasteiger partial charge in [0.25, 0.3) is 11.8 Å². The molecule has 4 heterocycles. The highest BCUT2D eigenvalue weighted by Crippen LogP contribution is 2.35. The monoisotopic (exact) mass is 389 g/mol. The fourth-order valence-electron chi connectivity index (χ4n) is 4.16. The Labute approximate surface area is 164 Å². The molecule has 0 bridgehead atoms. The van der Waals surface area contributed by atoms with Gasteiger partial charge in [-0.2, -0.15) is 0 Å². The Morgan fingerprint density at radius 2 is 1.96 bits per heavy atom. The van der Waals surface area contributed by atoms with E-state index in [1.54, 1.807) is 0 Å². The molecule has 6 nitrogen and oxygen atoms in total. The van der Waals surface area contributed by atoms with Crippen molar-refractivity contribution >= 4 is 28.7 Å². The topological polar surface area (TPSA) is 53.1 Å². The summed E-state index contributed by atoms with van der Waals surface area (Å²) in [5.74, 6) is 0.288. The fourth-order valence-corrected chi connectivity index (χ4v) is 4.92. The molecule has 4 rings (SSSR count). The van der Waals surface area contributed by atoms with E-state index in [1.807, 2.05) is 17.5 Å². The van der Waals surface area contributed by atoms with Gasteiger partial charge in [-0.3, -0.25) is 19.4 Å². The summed E-state index contributed by atoms with van der Waals surface area (Å²) in [4.78, 5) is 33.2. The first-order valence-electron chi connectivity index (χ1n) is 9.84. The summed E-state index contributed by atoms with van der Waals surface area (Å²) in [5, 5.41) is 1.97. The third kappa shape index (κ3) is 3.81. The van der Waals surface area contributed by atoms with E-state index in [9.17, 15) is 9.59 Å². The number of rotatable bonds is 5. The number of imide groups is 1. The molecule has 0 aliphatic carbocycles. The minimum atomic E-state index is -0.135. The van der Waals surface area contributed by atoms with Crippen LogP contribution >= 0.6 is 11.3 Å². The summed E-state index contributed by atoms with van der Waals surface area (Å²) in [7, 11) is 0. The van der Waals surface area contributed by atoms with Crippen molar-refractivity contribution < 1.29 is 14.3 Å². The summed E-state index contributed by atoms with van der Waals surface area (Å²) in [6.45, 7) is 8.23. The smallest absolute Gasteiger partial charge is 0.277 e. The lowest BCUT2D eigenvalue weighted by Gasteiger charge is -2.33. The first-order chi connectivity index (χ1) is 13.1. The third-order valence-electron chi connectivity index (χ3n) is 5.63.